The summed E-state index contributed by atoms with van der Waals surface area (Å²) >= 11 is 0. The van der Waals surface area contributed by atoms with E-state index in [2.05, 4.69) is 46.5 Å². The Kier molecular flexibility index (Phi) is 4.84. The standard InChI is InChI=1S/C18H25N3/c1-21-13-4-8-17(10-14-21)19-12-9-16-6-2-5-15-7-3-11-20-18(15)16/h2-3,5-7,11,17,19H,4,8-10,12-14H2,1H3. The number of pyridine rings is 1. The Labute approximate surface area is 127 Å². The molecule has 0 aliphatic carbocycles. The molecular formula is C18H25N3. The van der Waals surface area contributed by atoms with Crippen LogP contribution in [0.15, 0.2) is 36.5 Å². The van der Waals surface area contributed by atoms with E-state index >= 15 is 0 Å². The molecule has 3 heteroatoms. The van der Waals surface area contributed by atoms with Crippen LogP contribution in [0, 0.1) is 0 Å². The highest BCUT2D eigenvalue weighted by Crippen LogP contribution is 2.16. The third kappa shape index (κ3) is 3.80. The van der Waals surface area contributed by atoms with Crippen LogP contribution in [0.4, 0.5) is 0 Å². The van der Waals surface area contributed by atoms with Gasteiger partial charge in [-0.1, -0.05) is 24.3 Å². The lowest BCUT2D eigenvalue weighted by molar-refractivity contribution is 0.344. The fraction of sp³-hybridized carbons (Fsp3) is 0.500. The summed E-state index contributed by atoms with van der Waals surface area (Å²) in [5, 5.41) is 4.98. The molecule has 3 nitrogen and oxygen atoms in total. The highest BCUT2D eigenvalue weighted by Gasteiger charge is 2.13. The van der Waals surface area contributed by atoms with Gasteiger partial charge >= 0.3 is 0 Å². The Morgan fingerprint density at radius 1 is 1.19 bits per heavy atom. The van der Waals surface area contributed by atoms with Crippen LogP contribution in [0.3, 0.4) is 0 Å². The van der Waals surface area contributed by atoms with Gasteiger partial charge in [0.1, 0.15) is 0 Å². The van der Waals surface area contributed by atoms with Gasteiger partial charge in [0.15, 0.2) is 0 Å². The molecule has 3 rings (SSSR count). The molecule has 1 unspecified atom stereocenters. The molecule has 1 aromatic carbocycles. The van der Waals surface area contributed by atoms with Crippen molar-refractivity contribution in [1.29, 1.82) is 0 Å². The van der Waals surface area contributed by atoms with E-state index in [1.54, 1.807) is 0 Å². The maximum Gasteiger partial charge on any atom is 0.0734 e. The molecule has 1 fully saturated rings. The Balaban J connectivity index is 1.57. The number of hydrogen-bond acceptors (Lipinski definition) is 3. The summed E-state index contributed by atoms with van der Waals surface area (Å²) in [7, 11) is 2.23. The quantitative estimate of drug-likeness (QED) is 0.935. The van der Waals surface area contributed by atoms with E-state index in [1.165, 1.54) is 43.3 Å². The highest BCUT2D eigenvalue weighted by molar-refractivity contribution is 5.81. The molecule has 1 aromatic heterocycles. The fourth-order valence-corrected chi connectivity index (χ4v) is 3.22. The number of likely N-dealkylation sites (tertiary alicyclic amines) is 1. The molecular weight excluding hydrogens is 258 g/mol. The first-order valence-electron chi connectivity index (χ1n) is 8.07. The second-order valence-electron chi connectivity index (χ2n) is 6.13. The molecule has 1 atom stereocenters. The Hall–Kier alpha value is -1.45. The summed E-state index contributed by atoms with van der Waals surface area (Å²) in [6.45, 7) is 3.50. The van der Waals surface area contributed by atoms with Crippen molar-refractivity contribution in [2.45, 2.75) is 31.7 Å². The van der Waals surface area contributed by atoms with Gasteiger partial charge in [-0.05, 0) is 64.0 Å². The van der Waals surface area contributed by atoms with E-state index in [1.807, 2.05) is 12.3 Å². The molecule has 2 aromatic rings. The average molecular weight is 283 g/mol. The summed E-state index contributed by atoms with van der Waals surface area (Å²) in [5.74, 6) is 0. The molecule has 1 N–H and O–H groups in total. The van der Waals surface area contributed by atoms with Crippen LogP contribution in [0.1, 0.15) is 24.8 Å². The minimum atomic E-state index is 0.679. The number of aromatic nitrogens is 1. The predicted molar refractivity (Wildman–Crippen MR) is 88.6 cm³/mol. The van der Waals surface area contributed by atoms with E-state index in [9.17, 15) is 0 Å². The molecule has 1 saturated heterocycles. The van der Waals surface area contributed by atoms with E-state index in [0.717, 1.165) is 18.5 Å². The molecule has 0 amide bonds. The Morgan fingerprint density at radius 2 is 2.10 bits per heavy atom. The molecule has 0 saturated carbocycles. The zero-order valence-electron chi connectivity index (χ0n) is 12.9. The topological polar surface area (TPSA) is 28.2 Å². The van der Waals surface area contributed by atoms with Gasteiger partial charge in [-0.15, -0.1) is 0 Å². The molecule has 2 heterocycles. The number of fused-ring (bicyclic) bond motifs is 1. The minimum absolute atomic E-state index is 0.679. The van der Waals surface area contributed by atoms with Crippen molar-refractivity contribution in [1.82, 2.24) is 15.2 Å². The van der Waals surface area contributed by atoms with Crippen LogP contribution in [0.5, 0.6) is 0 Å². The van der Waals surface area contributed by atoms with E-state index in [4.69, 9.17) is 0 Å². The predicted octanol–water partition coefficient (Wildman–Crippen LogP) is 2.85. The van der Waals surface area contributed by atoms with Crippen LogP contribution in [-0.4, -0.2) is 42.6 Å². The van der Waals surface area contributed by atoms with E-state index < -0.39 is 0 Å². The van der Waals surface area contributed by atoms with Crippen LogP contribution >= 0.6 is 0 Å². The van der Waals surface area contributed by atoms with Gasteiger partial charge in [-0.25, -0.2) is 0 Å². The molecule has 0 radical (unpaired) electrons. The summed E-state index contributed by atoms with van der Waals surface area (Å²) in [6.07, 6.45) is 6.83. The monoisotopic (exact) mass is 283 g/mol. The van der Waals surface area contributed by atoms with Crippen molar-refractivity contribution >= 4 is 10.9 Å². The summed E-state index contributed by atoms with van der Waals surface area (Å²) in [4.78, 5) is 6.98. The number of hydrogen-bond donors (Lipinski definition) is 1. The second-order valence-corrected chi connectivity index (χ2v) is 6.13. The van der Waals surface area contributed by atoms with Gasteiger partial charge in [0.05, 0.1) is 5.52 Å². The van der Waals surface area contributed by atoms with Crippen molar-refractivity contribution < 1.29 is 0 Å². The van der Waals surface area contributed by atoms with Gasteiger partial charge in [-0.2, -0.15) is 0 Å². The minimum Gasteiger partial charge on any atom is -0.314 e. The van der Waals surface area contributed by atoms with Gasteiger partial charge in [0.25, 0.3) is 0 Å². The van der Waals surface area contributed by atoms with Crippen molar-refractivity contribution in [2.24, 2.45) is 0 Å². The Morgan fingerprint density at radius 3 is 3.05 bits per heavy atom. The maximum atomic E-state index is 4.54. The summed E-state index contributed by atoms with van der Waals surface area (Å²) < 4.78 is 0. The van der Waals surface area contributed by atoms with Gasteiger partial charge < -0.3 is 10.2 Å². The number of nitrogens with one attached hydrogen (secondary N) is 1. The lowest BCUT2D eigenvalue weighted by atomic mass is 10.1. The first kappa shape index (κ1) is 14.5. The SMILES string of the molecule is CN1CCCC(NCCc2cccc3cccnc23)CC1. The third-order valence-corrected chi connectivity index (χ3v) is 4.50. The first-order chi connectivity index (χ1) is 10.3. The molecule has 0 bridgehead atoms. The molecule has 21 heavy (non-hydrogen) atoms. The molecule has 112 valence electrons. The number of benzene rings is 1. The third-order valence-electron chi connectivity index (χ3n) is 4.50. The van der Waals surface area contributed by atoms with Crippen LogP contribution in [0.25, 0.3) is 10.9 Å². The van der Waals surface area contributed by atoms with E-state index in [0.29, 0.717) is 6.04 Å². The number of nitrogens with zero attached hydrogens (tertiary/aromatic N) is 2. The van der Waals surface area contributed by atoms with Crippen molar-refractivity contribution in [2.75, 3.05) is 26.7 Å². The zero-order chi connectivity index (χ0) is 14.5. The van der Waals surface area contributed by atoms with Crippen molar-refractivity contribution in [3.05, 3.63) is 42.1 Å². The average Bonchev–Trinajstić information content (AvgIpc) is 2.72. The zero-order valence-corrected chi connectivity index (χ0v) is 12.9. The van der Waals surface area contributed by atoms with Crippen LogP contribution in [0.2, 0.25) is 0 Å². The number of rotatable bonds is 4. The fourth-order valence-electron chi connectivity index (χ4n) is 3.22. The summed E-state index contributed by atoms with van der Waals surface area (Å²) in [6, 6.07) is 11.3. The van der Waals surface area contributed by atoms with E-state index in [-0.39, 0.29) is 0 Å². The second kappa shape index (κ2) is 7.01. The van der Waals surface area contributed by atoms with Crippen LogP contribution < -0.4 is 5.32 Å². The van der Waals surface area contributed by atoms with Gasteiger partial charge in [0, 0.05) is 17.6 Å². The van der Waals surface area contributed by atoms with Crippen molar-refractivity contribution in [3.8, 4) is 0 Å². The highest BCUT2D eigenvalue weighted by atomic mass is 15.1. The van der Waals surface area contributed by atoms with Gasteiger partial charge in [0.2, 0.25) is 0 Å². The lowest BCUT2D eigenvalue weighted by Crippen LogP contribution is -2.31. The molecule has 1 aliphatic rings. The Bertz CT molecular complexity index is 576. The maximum absolute atomic E-state index is 4.54. The van der Waals surface area contributed by atoms with Gasteiger partial charge in [-0.3, -0.25) is 4.98 Å². The smallest absolute Gasteiger partial charge is 0.0734 e. The lowest BCUT2D eigenvalue weighted by Gasteiger charge is -2.17. The first-order valence-corrected chi connectivity index (χ1v) is 8.07. The largest absolute Gasteiger partial charge is 0.314 e. The molecule has 0 spiro atoms. The van der Waals surface area contributed by atoms with Crippen molar-refractivity contribution in [3.63, 3.8) is 0 Å². The number of para-hydroxylation sites is 1. The summed E-state index contributed by atoms with van der Waals surface area (Å²) in [5.41, 5.74) is 2.51. The van der Waals surface area contributed by atoms with Crippen LogP contribution in [-0.2, 0) is 6.42 Å². The molecule has 1 aliphatic heterocycles. The normalized spacial score (nSPS) is 20.5.